The average molecular weight is 468 g/mol. The molecule has 0 aliphatic heterocycles. The zero-order chi connectivity index (χ0) is 24.5. The summed E-state index contributed by atoms with van der Waals surface area (Å²) in [6, 6.07) is 15.9. The van der Waals surface area contributed by atoms with Gasteiger partial charge in [-0.05, 0) is 30.2 Å². The predicted molar refractivity (Wildman–Crippen MR) is 132 cm³/mol. The summed E-state index contributed by atoms with van der Waals surface area (Å²) in [6.07, 6.45) is 1.02. The Labute approximate surface area is 201 Å². The molecule has 0 saturated heterocycles. The lowest BCUT2D eigenvalue weighted by Crippen LogP contribution is -2.37. The summed E-state index contributed by atoms with van der Waals surface area (Å²) < 4.78 is 26.8. The normalized spacial score (nSPS) is 12.3. The molecule has 34 heavy (non-hydrogen) atoms. The van der Waals surface area contributed by atoms with Crippen LogP contribution in [0.2, 0.25) is 0 Å². The third kappa shape index (κ3) is 7.25. The Bertz CT molecular complexity index is 1040. The number of nitrogens with zero attached hydrogens (tertiary/aromatic N) is 3. The summed E-state index contributed by atoms with van der Waals surface area (Å²) in [5.41, 5.74) is 2.69. The van der Waals surface area contributed by atoms with Gasteiger partial charge < -0.3 is 14.6 Å². The summed E-state index contributed by atoms with van der Waals surface area (Å²) in [6.45, 7) is 10.3. The maximum absolute atomic E-state index is 13.4. The Hall–Kier alpha value is -3.00. The second-order valence-electron chi connectivity index (χ2n) is 8.75. The summed E-state index contributed by atoms with van der Waals surface area (Å²) >= 11 is 0. The summed E-state index contributed by atoms with van der Waals surface area (Å²) in [7, 11) is 1.83. The van der Waals surface area contributed by atoms with Gasteiger partial charge in [0, 0.05) is 32.2 Å². The number of aliphatic hydroxyl groups is 1. The first-order chi connectivity index (χ1) is 16.4. The molecular weight excluding hydrogens is 433 g/mol. The third-order valence-electron chi connectivity index (χ3n) is 5.18. The van der Waals surface area contributed by atoms with Gasteiger partial charge in [-0.25, -0.2) is 9.07 Å². The van der Waals surface area contributed by atoms with Crippen molar-refractivity contribution in [2.45, 2.75) is 26.5 Å². The van der Waals surface area contributed by atoms with E-state index in [1.165, 1.54) is 12.1 Å². The van der Waals surface area contributed by atoms with E-state index in [1.54, 1.807) is 22.9 Å². The topological polar surface area (TPSA) is 59.8 Å². The van der Waals surface area contributed by atoms with Crippen LogP contribution in [0.5, 0.6) is 11.6 Å². The van der Waals surface area contributed by atoms with Gasteiger partial charge in [0.2, 0.25) is 5.88 Å². The molecule has 3 rings (SSSR count). The van der Waals surface area contributed by atoms with Crippen molar-refractivity contribution in [3.05, 3.63) is 78.6 Å². The lowest BCUT2D eigenvalue weighted by molar-refractivity contribution is 0.0222. The number of aliphatic hydroxyl groups excluding tert-OH is 1. The van der Waals surface area contributed by atoms with Crippen molar-refractivity contribution in [2.75, 3.05) is 26.3 Å². The molecule has 0 aliphatic carbocycles. The van der Waals surface area contributed by atoms with Crippen molar-refractivity contribution >= 4 is 0 Å². The Balaban J connectivity index is 1.94. The monoisotopic (exact) mass is 467 g/mol. The van der Waals surface area contributed by atoms with Crippen LogP contribution in [0.25, 0.3) is 11.3 Å². The smallest absolute Gasteiger partial charge is 0.222 e. The molecule has 182 valence electrons. The molecule has 6 nitrogen and oxygen atoms in total. The van der Waals surface area contributed by atoms with Crippen molar-refractivity contribution in [1.29, 1.82) is 0 Å². The molecule has 3 aromatic rings. The molecule has 0 amide bonds. The predicted octanol–water partition coefficient (Wildman–Crippen LogP) is 5.04. The van der Waals surface area contributed by atoms with E-state index in [2.05, 4.69) is 25.3 Å². The number of benzene rings is 2. The van der Waals surface area contributed by atoms with E-state index in [-0.39, 0.29) is 12.4 Å². The fraction of sp³-hybridized carbons (Fsp3) is 0.370. The molecular formula is C27H34FN3O3. The molecule has 1 N–H and O–H groups in total. The van der Waals surface area contributed by atoms with Crippen LogP contribution in [-0.4, -0.2) is 52.2 Å². The fourth-order valence-corrected chi connectivity index (χ4v) is 3.85. The molecule has 0 radical (unpaired) electrons. The van der Waals surface area contributed by atoms with E-state index < -0.39 is 6.10 Å². The Morgan fingerprint density at radius 2 is 1.82 bits per heavy atom. The van der Waals surface area contributed by atoms with Crippen molar-refractivity contribution in [3.63, 3.8) is 0 Å². The SMILES string of the molecule is C=CCOC[C@@H](O)CN(Cc1c(-c2ccccc2)nn(C)c1Oc1ccc(F)cc1)CC(C)C. The first-order valence-corrected chi connectivity index (χ1v) is 11.5. The van der Waals surface area contributed by atoms with Gasteiger partial charge in [-0.3, -0.25) is 4.90 Å². The number of halogens is 1. The number of hydrogen-bond donors (Lipinski definition) is 1. The highest BCUT2D eigenvalue weighted by molar-refractivity contribution is 5.65. The zero-order valence-corrected chi connectivity index (χ0v) is 20.2. The van der Waals surface area contributed by atoms with Crippen LogP contribution in [0.4, 0.5) is 4.39 Å². The third-order valence-corrected chi connectivity index (χ3v) is 5.18. The van der Waals surface area contributed by atoms with Crippen LogP contribution in [0.3, 0.4) is 0 Å². The minimum atomic E-state index is -0.642. The number of aromatic nitrogens is 2. The standard InChI is InChI=1S/C27H34FN3O3/c1-5-15-33-19-23(32)17-31(16-20(2)3)18-25-26(21-9-7-6-8-10-21)29-30(4)27(25)34-24-13-11-22(28)12-14-24/h5-14,20,23,32H,1,15-19H2,2-4H3/t23-/m0/s1. The van der Waals surface area contributed by atoms with Gasteiger partial charge in [0.15, 0.2) is 0 Å². The van der Waals surface area contributed by atoms with E-state index >= 15 is 0 Å². The molecule has 2 aromatic carbocycles. The Morgan fingerprint density at radius 1 is 1.12 bits per heavy atom. The summed E-state index contributed by atoms with van der Waals surface area (Å²) in [4.78, 5) is 2.19. The number of aryl methyl sites for hydroxylation is 1. The average Bonchev–Trinajstić information content (AvgIpc) is 3.10. The maximum Gasteiger partial charge on any atom is 0.222 e. The van der Waals surface area contributed by atoms with E-state index in [9.17, 15) is 9.50 Å². The second kappa shape index (κ2) is 12.5. The fourth-order valence-electron chi connectivity index (χ4n) is 3.85. The van der Waals surface area contributed by atoms with E-state index in [0.717, 1.165) is 23.4 Å². The van der Waals surface area contributed by atoms with Crippen LogP contribution < -0.4 is 4.74 Å². The lowest BCUT2D eigenvalue weighted by Gasteiger charge is -2.27. The number of hydrogen-bond acceptors (Lipinski definition) is 5. The first kappa shape index (κ1) is 25.6. The highest BCUT2D eigenvalue weighted by Gasteiger charge is 2.24. The van der Waals surface area contributed by atoms with Gasteiger partial charge in [-0.1, -0.05) is 50.3 Å². The Morgan fingerprint density at radius 3 is 2.47 bits per heavy atom. The van der Waals surface area contributed by atoms with Crippen LogP contribution >= 0.6 is 0 Å². The highest BCUT2D eigenvalue weighted by atomic mass is 19.1. The van der Waals surface area contributed by atoms with Crippen LogP contribution in [0.1, 0.15) is 19.4 Å². The van der Waals surface area contributed by atoms with E-state index in [0.29, 0.717) is 37.2 Å². The molecule has 1 aromatic heterocycles. The highest BCUT2D eigenvalue weighted by Crippen LogP contribution is 2.34. The van der Waals surface area contributed by atoms with Crippen molar-refractivity contribution in [1.82, 2.24) is 14.7 Å². The van der Waals surface area contributed by atoms with Crippen molar-refractivity contribution in [3.8, 4) is 22.9 Å². The van der Waals surface area contributed by atoms with Gasteiger partial charge in [-0.15, -0.1) is 6.58 Å². The van der Waals surface area contributed by atoms with Gasteiger partial charge in [0.25, 0.3) is 0 Å². The Kier molecular flexibility index (Phi) is 9.39. The van der Waals surface area contributed by atoms with Gasteiger partial charge in [-0.2, -0.15) is 5.10 Å². The lowest BCUT2D eigenvalue weighted by atomic mass is 10.1. The molecule has 7 heteroatoms. The van der Waals surface area contributed by atoms with Crippen LogP contribution in [0.15, 0.2) is 67.3 Å². The van der Waals surface area contributed by atoms with Gasteiger partial charge in [0.1, 0.15) is 17.3 Å². The zero-order valence-electron chi connectivity index (χ0n) is 20.2. The molecule has 0 spiro atoms. The maximum atomic E-state index is 13.4. The molecule has 1 heterocycles. The first-order valence-electron chi connectivity index (χ1n) is 11.5. The minimum Gasteiger partial charge on any atom is -0.439 e. The van der Waals surface area contributed by atoms with Gasteiger partial charge in [0.05, 0.1) is 24.9 Å². The quantitative estimate of drug-likeness (QED) is 0.282. The summed E-state index contributed by atoms with van der Waals surface area (Å²) in [5, 5.41) is 15.3. The van der Waals surface area contributed by atoms with Gasteiger partial charge >= 0.3 is 0 Å². The molecule has 0 aliphatic rings. The molecule has 0 unspecified atom stereocenters. The second-order valence-corrected chi connectivity index (χ2v) is 8.75. The number of rotatable bonds is 13. The van der Waals surface area contributed by atoms with E-state index in [4.69, 9.17) is 14.6 Å². The molecule has 0 bridgehead atoms. The minimum absolute atomic E-state index is 0.234. The molecule has 0 fully saturated rings. The van der Waals surface area contributed by atoms with Crippen molar-refractivity contribution < 1.29 is 19.0 Å². The van der Waals surface area contributed by atoms with Crippen LogP contribution in [0, 0.1) is 11.7 Å². The van der Waals surface area contributed by atoms with Crippen LogP contribution in [-0.2, 0) is 18.3 Å². The number of ether oxygens (including phenoxy) is 2. The molecule has 1 atom stereocenters. The summed E-state index contributed by atoms with van der Waals surface area (Å²) in [5.74, 6) is 1.17. The van der Waals surface area contributed by atoms with E-state index in [1.807, 2.05) is 37.4 Å². The largest absolute Gasteiger partial charge is 0.439 e. The molecule has 0 saturated carbocycles. The van der Waals surface area contributed by atoms with Crippen molar-refractivity contribution in [2.24, 2.45) is 13.0 Å².